The summed E-state index contributed by atoms with van der Waals surface area (Å²) in [4.78, 5) is 19.6. The van der Waals surface area contributed by atoms with E-state index in [0.29, 0.717) is 30.4 Å². The molecule has 7 rings (SSSR count). The summed E-state index contributed by atoms with van der Waals surface area (Å²) in [6, 6.07) is 0.560. The zero-order valence-corrected chi connectivity index (χ0v) is 19.3. The molecule has 0 amide bonds. The molecular formula is C24H26N8O2. The number of fused-ring (bicyclic) bond motifs is 2. The molecule has 2 fully saturated rings. The number of hydrogen-bond acceptors (Lipinski definition) is 8. The number of hydrogen-bond donors (Lipinski definition) is 0. The van der Waals surface area contributed by atoms with Crippen molar-refractivity contribution in [3.05, 3.63) is 41.4 Å². The molecule has 0 radical (unpaired) electrons. The summed E-state index contributed by atoms with van der Waals surface area (Å²) in [5.74, 6) is 1.67. The Kier molecular flexibility index (Phi) is 4.45. The van der Waals surface area contributed by atoms with Crippen LogP contribution >= 0.6 is 0 Å². The van der Waals surface area contributed by atoms with Crippen LogP contribution in [0.25, 0.3) is 22.4 Å². The lowest BCUT2D eigenvalue weighted by atomic mass is 9.92. The normalized spacial score (nSPS) is 22.2. The van der Waals surface area contributed by atoms with Crippen molar-refractivity contribution >= 4 is 11.2 Å². The minimum atomic E-state index is -0.0106. The Balaban J connectivity index is 1.29. The van der Waals surface area contributed by atoms with E-state index in [2.05, 4.69) is 21.1 Å². The van der Waals surface area contributed by atoms with E-state index in [1.807, 2.05) is 30.9 Å². The first-order valence-corrected chi connectivity index (χ1v) is 12.0. The Morgan fingerprint density at radius 2 is 1.82 bits per heavy atom. The van der Waals surface area contributed by atoms with Gasteiger partial charge in [-0.1, -0.05) is 0 Å². The fourth-order valence-electron chi connectivity index (χ4n) is 4.90. The van der Waals surface area contributed by atoms with Crippen LogP contribution in [0.5, 0.6) is 5.88 Å². The molecule has 1 saturated heterocycles. The highest BCUT2D eigenvalue weighted by molar-refractivity contribution is 5.88. The zero-order chi connectivity index (χ0) is 22.8. The Morgan fingerprint density at radius 3 is 2.71 bits per heavy atom. The van der Waals surface area contributed by atoms with Crippen LogP contribution in [0.1, 0.15) is 66.5 Å². The summed E-state index contributed by atoms with van der Waals surface area (Å²) in [5, 5.41) is 9.04. The Morgan fingerprint density at radius 1 is 0.941 bits per heavy atom. The molecule has 6 heterocycles. The van der Waals surface area contributed by atoms with Gasteiger partial charge in [0.15, 0.2) is 5.65 Å². The molecule has 2 atom stereocenters. The maximum absolute atomic E-state index is 6.14. The number of rotatable bonds is 4. The molecule has 4 aromatic rings. The third-order valence-corrected chi connectivity index (χ3v) is 7.11. The first-order valence-electron chi connectivity index (χ1n) is 12.0. The lowest BCUT2D eigenvalue weighted by Crippen LogP contribution is -2.20. The third kappa shape index (κ3) is 3.27. The predicted molar refractivity (Wildman–Crippen MR) is 122 cm³/mol. The van der Waals surface area contributed by atoms with Crippen LogP contribution in [-0.2, 0) is 11.3 Å². The quantitative estimate of drug-likeness (QED) is 0.458. The fraction of sp³-hybridized carbons (Fsp3) is 0.500. The van der Waals surface area contributed by atoms with Crippen molar-refractivity contribution in [3.63, 3.8) is 0 Å². The summed E-state index contributed by atoms with van der Waals surface area (Å²) in [6.45, 7) is 5.94. The molecule has 4 aromatic heterocycles. The van der Waals surface area contributed by atoms with Crippen molar-refractivity contribution < 1.29 is 9.47 Å². The topological polar surface area (TPSA) is 106 Å². The first-order chi connectivity index (χ1) is 16.6. The molecule has 0 unspecified atom stereocenters. The van der Waals surface area contributed by atoms with Gasteiger partial charge in [0.25, 0.3) is 0 Å². The summed E-state index contributed by atoms with van der Waals surface area (Å²) in [7, 11) is 0. The molecule has 0 bridgehead atoms. The van der Waals surface area contributed by atoms with Crippen LogP contribution < -0.4 is 4.74 Å². The smallest absolute Gasteiger partial charge is 0.221 e. The van der Waals surface area contributed by atoms with E-state index in [-0.39, 0.29) is 12.0 Å². The summed E-state index contributed by atoms with van der Waals surface area (Å²) >= 11 is 0. The molecule has 2 aliphatic heterocycles. The van der Waals surface area contributed by atoms with E-state index >= 15 is 0 Å². The van der Waals surface area contributed by atoms with Crippen molar-refractivity contribution in [2.75, 3.05) is 13.2 Å². The van der Waals surface area contributed by atoms with Crippen LogP contribution in [-0.4, -0.2) is 52.7 Å². The monoisotopic (exact) mass is 458 g/mol. The average Bonchev–Trinajstić information content (AvgIpc) is 3.22. The van der Waals surface area contributed by atoms with Gasteiger partial charge in [-0.3, -0.25) is 4.68 Å². The molecule has 3 aliphatic rings. The van der Waals surface area contributed by atoms with Gasteiger partial charge in [-0.05, 0) is 39.5 Å². The second kappa shape index (κ2) is 7.56. The molecule has 1 saturated carbocycles. The van der Waals surface area contributed by atoms with Crippen LogP contribution in [0.4, 0.5) is 0 Å². The van der Waals surface area contributed by atoms with Crippen LogP contribution in [0, 0.1) is 13.8 Å². The number of aryl methyl sites for hydroxylation is 2. The lowest BCUT2D eigenvalue weighted by molar-refractivity contribution is 0.00396. The maximum Gasteiger partial charge on any atom is 0.221 e. The van der Waals surface area contributed by atoms with Gasteiger partial charge in [0.1, 0.15) is 23.6 Å². The highest BCUT2D eigenvalue weighted by Gasteiger charge is 2.32. The molecule has 0 N–H and O–H groups in total. The van der Waals surface area contributed by atoms with Crippen molar-refractivity contribution in [2.45, 2.75) is 64.1 Å². The van der Waals surface area contributed by atoms with E-state index in [1.54, 1.807) is 0 Å². The largest absolute Gasteiger partial charge is 0.475 e. The standard InChI is InChI=1S/C24H26N8O2/c1-13-14(2)28-23-21(27-13)20(18-11-26-31-6-8-34-24(18)31)29-22(30-23)15-5-7-33-19(9-15)16-10-25-32(12-16)17-3-4-17/h10-12,15,17,19H,3-9H2,1-2H3/t15-,19+/m0/s1. The minimum Gasteiger partial charge on any atom is -0.475 e. The van der Waals surface area contributed by atoms with Crippen LogP contribution in [0.15, 0.2) is 18.6 Å². The van der Waals surface area contributed by atoms with Crippen molar-refractivity contribution in [3.8, 4) is 17.1 Å². The summed E-state index contributed by atoms with van der Waals surface area (Å²) in [6.07, 6.45) is 9.99. The highest BCUT2D eigenvalue weighted by Crippen LogP contribution is 2.40. The molecule has 34 heavy (non-hydrogen) atoms. The SMILES string of the molecule is Cc1nc2nc([C@H]3CCO[C@@H](c4cnn(C5CC5)c4)C3)nc(-c3cnn4c3OCC4)c2nc1C. The highest BCUT2D eigenvalue weighted by atomic mass is 16.5. The predicted octanol–water partition coefficient (Wildman–Crippen LogP) is 3.46. The molecule has 10 nitrogen and oxygen atoms in total. The second-order valence-electron chi connectivity index (χ2n) is 9.50. The van der Waals surface area contributed by atoms with Gasteiger partial charge in [-0.15, -0.1) is 0 Å². The number of nitrogens with zero attached hydrogens (tertiary/aromatic N) is 8. The van der Waals surface area contributed by atoms with E-state index in [9.17, 15) is 0 Å². The summed E-state index contributed by atoms with van der Waals surface area (Å²) < 4.78 is 16.0. The van der Waals surface area contributed by atoms with E-state index < -0.39 is 0 Å². The van der Waals surface area contributed by atoms with Gasteiger partial charge in [0.2, 0.25) is 5.88 Å². The van der Waals surface area contributed by atoms with Crippen LogP contribution in [0.3, 0.4) is 0 Å². The van der Waals surface area contributed by atoms with Crippen molar-refractivity contribution in [1.29, 1.82) is 0 Å². The van der Waals surface area contributed by atoms with E-state index in [0.717, 1.165) is 59.3 Å². The van der Waals surface area contributed by atoms with Crippen molar-refractivity contribution in [1.82, 2.24) is 39.5 Å². The first kappa shape index (κ1) is 20.0. The Bertz CT molecular complexity index is 1410. The minimum absolute atomic E-state index is 0.0106. The van der Waals surface area contributed by atoms with Gasteiger partial charge in [-0.2, -0.15) is 10.2 Å². The van der Waals surface area contributed by atoms with Gasteiger partial charge in [0, 0.05) is 24.3 Å². The number of ether oxygens (including phenoxy) is 2. The fourth-order valence-corrected chi connectivity index (χ4v) is 4.90. The molecule has 10 heteroatoms. The van der Waals surface area contributed by atoms with Gasteiger partial charge in [-0.25, -0.2) is 24.6 Å². The van der Waals surface area contributed by atoms with Gasteiger partial charge in [0.05, 0.1) is 48.0 Å². The van der Waals surface area contributed by atoms with Crippen molar-refractivity contribution in [2.24, 2.45) is 0 Å². The van der Waals surface area contributed by atoms with E-state index in [4.69, 9.17) is 29.4 Å². The lowest BCUT2D eigenvalue weighted by Gasteiger charge is -2.28. The van der Waals surface area contributed by atoms with Gasteiger partial charge < -0.3 is 9.47 Å². The maximum atomic E-state index is 6.14. The zero-order valence-electron chi connectivity index (χ0n) is 19.3. The third-order valence-electron chi connectivity index (χ3n) is 7.11. The number of aromatic nitrogens is 8. The van der Waals surface area contributed by atoms with Gasteiger partial charge >= 0.3 is 0 Å². The Hall–Kier alpha value is -3.40. The molecular weight excluding hydrogens is 432 g/mol. The second-order valence-corrected chi connectivity index (χ2v) is 9.50. The Labute approximate surface area is 196 Å². The molecule has 174 valence electrons. The molecule has 0 spiro atoms. The average molecular weight is 459 g/mol. The van der Waals surface area contributed by atoms with E-state index in [1.165, 1.54) is 12.8 Å². The molecule has 0 aromatic carbocycles. The van der Waals surface area contributed by atoms with Crippen LogP contribution in [0.2, 0.25) is 0 Å². The molecule has 1 aliphatic carbocycles. The summed E-state index contributed by atoms with van der Waals surface area (Å²) in [5.41, 5.74) is 5.76.